The second kappa shape index (κ2) is 20.3. The van der Waals surface area contributed by atoms with Gasteiger partial charge in [-0.3, -0.25) is 0 Å². The lowest BCUT2D eigenvalue weighted by Gasteiger charge is -2.19. The molecule has 10 rings (SSSR count). The number of hydrogen-bond donors (Lipinski definition) is 0. The first-order chi connectivity index (χ1) is 28.9. The molecule has 0 amide bonds. The number of fused-ring (bicyclic) bond motifs is 5. The molecule has 0 atom stereocenters. The highest BCUT2D eigenvalue weighted by molar-refractivity contribution is 5.89. The van der Waals surface area contributed by atoms with Gasteiger partial charge in [0, 0.05) is 0 Å². The van der Waals surface area contributed by atoms with Crippen LogP contribution in [0.4, 0.5) is 0 Å². The molecular weight excluding hydrogens is 721 g/mol. The standard InChI is InChI=1S/3C12H12.C12H16.C12H12/c2*1-9-3-5-11-6-4-10(2)8-12(11)7-9;1-9-5-3-8-12-10(2)6-4-7-11(9)12;2*1-9-7-8-10(2)12-6-4-3-5-11(9)12/h3*3-8H,1-2H3;7-8H,3-6H2,1-2H3;3-8H,1-2H3. The maximum atomic E-state index is 2.26. The topological polar surface area (TPSA) is 0 Å². The summed E-state index contributed by atoms with van der Waals surface area (Å²) in [6.07, 6.45) is 5.39. The van der Waals surface area contributed by atoms with Crippen LogP contribution in [-0.4, -0.2) is 0 Å². The first-order valence-corrected chi connectivity index (χ1v) is 21.8. The normalized spacial score (nSPS) is 11.6. The molecule has 0 aliphatic heterocycles. The molecule has 0 spiro atoms. The largest absolute Gasteiger partial charge is 0.0616 e. The molecule has 0 saturated heterocycles. The van der Waals surface area contributed by atoms with Crippen LogP contribution in [0.25, 0.3) is 43.1 Å². The van der Waals surface area contributed by atoms with Crippen LogP contribution >= 0.6 is 0 Å². The molecule has 9 aromatic carbocycles. The van der Waals surface area contributed by atoms with E-state index in [9.17, 15) is 0 Å². The zero-order valence-corrected chi connectivity index (χ0v) is 37.8. The van der Waals surface area contributed by atoms with Gasteiger partial charge in [0.15, 0.2) is 0 Å². The molecule has 0 N–H and O–H groups in total. The highest BCUT2D eigenvalue weighted by Crippen LogP contribution is 2.27. The number of rotatable bonds is 0. The number of hydrogen-bond acceptors (Lipinski definition) is 0. The van der Waals surface area contributed by atoms with Crippen molar-refractivity contribution in [1.29, 1.82) is 0 Å². The molecule has 1 aliphatic rings. The van der Waals surface area contributed by atoms with Gasteiger partial charge in [0.1, 0.15) is 0 Å². The first-order valence-electron chi connectivity index (χ1n) is 21.8. The Kier molecular flexibility index (Phi) is 14.8. The minimum absolute atomic E-state index is 1.31. The lowest BCUT2D eigenvalue weighted by Crippen LogP contribution is -2.06. The molecule has 9 aromatic rings. The second-order valence-corrected chi connectivity index (χ2v) is 17.1. The zero-order valence-electron chi connectivity index (χ0n) is 37.8. The van der Waals surface area contributed by atoms with E-state index in [1.165, 1.54) is 124 Å². The summed E-state index contributed by atoms with van der Waals surface area (Å²) in [7, 11) is 0. The van der Waals surface area contributed by atoms with E-state index >= 15 is 0 Å². The van der Waals surface area contributed by atoms with E-state index in [0.29, 0.717) is 0 Å². The predicted octanol–water partition coefficient (Wildman–Crippen LogP) is 17.0. The summed E-state index contributed by atoms with van der Waals surface area (Å²) in [6, 6.07) is 56.5. The Morgan fingerprint density at radius 2 is 0.533 bits per heavy atom. The van der Waals surface area contributed by atoms with Gasteiger partial charge in [-0.05, 0) is 183 Å². The van der Waals surface area contributed by atoms with Crippen LogP contribution in [0.1, 0.15) is 79.6 Å². The molecule has 0 unspecified atom stereocenters. The monoisotopic (exact) mass is 785 g/mol. The zero-order chi connectivity index (χ0) is 42.8. The first kappa shape index (κ1) is 43.6. The van der Waals surface area contributed by atoms with Crippen molar-refractivity contribution in [2.45, 2.75) is 94.9 Å². The molecular formula is C60H64. The Morgan fingerprint density at radius 3 is 0.867 bits per heavy atom. The van der Waals surface area contributed by atoms with E-state index in [2.05, 4.69) is 227 Å². The molecule has 0 aromatic heterocycles. The summed E-state index contributed by atoms with van der Waals surface area (Å²) in [4.78, 5) is 0. The van der Waals surface area contributed by atoms with E-state index in [1.54, 1.807) is 11.1 Å². The van der Waals surface area contributed by atoms with Gasteiger partial charge in [-0.2, -0.15) is 0 Å². The quantitative estimate of drug-likeness (QED) is 0.144. The summed E-state index contributed by atoms with van der Waals surface area (Å²) in [5, 5.41) is 10.8. The van der Waals surface area contributed by atoms with Gasteiger partial charge in [-0.1, -0.05) is 180 Å². The van der Waals surface area contributed by atoms with Crippen molar-refractivity contribution in [3.63, 3.8) is 0 Å². The van der Waals surface area contributed by atoms with Crippen molar-refractivity contribution in [3.8, 4) is 0 Å². The molecule has 60 heavy (non-hydrogen) atoms. The van der Waals surface area contributed by atoms with Gasteiger partial charge in [0.25, 0.3) is 0 Å². The van der Waals surface area contributed by atoms with E-state index in [0.717, 1.165) is 0 Å². The summed E-state index contributed by atoms with van der Waals surface area (Å²) in [6.45, 7) is 21.6. The third-order valence-electron chi connectivity index (χ3n) is 12.0. The van der Waals surface area contributed by atoms with Gasteiger partial charge in [-0.15, -0.1) is 0 Å². The van der Waals surface area contributed by atoms with E-state index in [-0.39, 0.29) is 0 Å². The Hall–Kier alpha value is -5.98. The maximum absolute atomic E-state index is 2.26. The van der Waals surface area contributed by atoms with Crippen LogP contribution in [0, 0.1) is 69.2 Å². The summed E-state index contributed by atoms with van der Waals surface area (Å²) < 4.78 is 0. The Morgan fingerprint density at radius 1 is 0.250 bits per heavy atom. The van der Waals surface area contributed by atoms with Crippen molar-refractivity contribution in [3.05, 3.63) is 224 Å². The van der Waals surface area contributed by atoms with Gasteiger partial charge >= 0.3 is 0 Å². The Bertz CT molecular complexity index is 2560. The van der Waals surface area contributed by atoms with Gasteiger partial charge in [0.05, 0.1) is 0 Å². The molecule has 0 radical (unpaired) electrons. The summed E-state index contributed by atoms with van der Waals surface area (Å²) >= 11 is 0. The lowest BCUT2D eigenvalue weighted by molar-refractivity contribution is 0.678. The van der Waals surface area contributed by atoms with Crippen LogP contribution in [0.3, 0.4) is 0 Å². The van der Waals surface area contributed by atoms with Crippen molar-refractivity contribution in [1.82, 2.24) is 0 Å². The van der Waals surface area contributed by atoms with E-state index < -0.39 is 0 Å². The highest BCUT2D eigenvalue weighted by Gasteiger charge is 2.12. The van der Waals surface area contributed by atoms with Gasteiger partial charge in [-0.25, -0.2) is 0 Å². The van der Waals surface area contributed by atoms with Crippen LogP contribution in [-0.2, 0) is 12.8 Å². The Labute approximate surface area is 361 Å². The van der Waals surface area contributed by atoms with Crippen molar-refractivity contribution in [2.24, 2.45) is 0 Å². The second-order valence-electron chi connectivity index (χ2n) is 17.1. The van der Waals surface area contributed by atoms with Crippen LogP contribution in [0.5, 0.6) is 0 Å². The third kappa shape index (κ3) is 11.2. The van der Waals surface area contributed by atoms with Crippen LogP contribution in [0.15, 0.2) is 158 Å². The van der Waals surface area contributed by atoms with Crippen molar-refractivity contribution in [2.75, 3.05) is 0 Å². The minimum Gasteiger partial charge on any atom is -0.0616 e. The van der Waals surface area contributed by atoms with Crippen molar-refractivity contribution >= 4 is 43.1 Å². The van der Waals surface area contributed by atoms with Gasteiger partial charge < -0.3 is 0 Å². The average Bonchev–Trinajstić information content (AvgIpc) is 3.25. The summed E-state index contributed by atoms with van der Waals surface area (Å²) in [5.74, 6) is 0. The third-order valence-corrected chi connectivity index (χ3v) is 12.0. The molecule has 0 heterocycles. The molecule has 0 saturated carbocycles. The lowest BCUT2D eigenvalue weighted by atomic mass is 9.86. The SMILES string of the molecule is Cc1ccc(C)c2c1CCCC2.Cc1ccc(C)c2ccccc12.Cc1ccc2ccc(C)cc2c1.Cc1ccc2ccc(C)cc2c1.Cc1cccc2c(C)cccc12. The smallest absolute Gasteiger partial charge is 0.0152 e. The van der Waals surface area contributed by atoms with E-state index in [1.807, 2.05) is 0 Å². The number of benzene rings is 9. The fourth-order valence-corrected chi connectivity index (χ4v) is 8.42. The fourth-order valence-electron chi connectivity index (χ4n) is 8.42. The molecule has 0 heteroatoms. The van der Waals surface area contributed by atoms with Gasteiger partial charge in [0.2, 0.25) is 0 Å². The summed E-state index contributed by atoms with van der Waals surface area (Å²) in [5.41, 5.74) is 17.0. The molecule has 304 valence electrons. The van der Waals surface area contributed by atoms with Crippen molar-refractivity contribution < 1.29 is 0 Å². The van der Waals surface area contributed by atoms with Crippen LogP contribution < -0.4 is 0 Å². The highest BCUT2D eigenvalue weighted by atomic mass is 14.2. The fraction of sp³-hybridized carbons (Fsp3) is 0.233. The molecule has 0 nitrogen and oxygen atoms in total. The molecule has 0 bridgehead atoms. The number of aryl methyl sites for hydroxylation is 10. The Balaban J connectivity index is 0.000000126. The molecule has 1 aliphatic carbocycles. The average molecular weight is 785 g/mol. The van der Waals surface area contributed by atoms with Crippen LogP contribution in [0.2, 0.25) is 0 Å². The molecule has 0 fully saturated rings. The minimum atomic E-state index is 1.31. The maximum Gasteiger partial charge on any atom is -0.0152 e. The van der Waals surface area contributed by atoms with E-state index in [4.69, 9.17) is 0 Å². The predicted molar refractivity (Wildman–Crippen MR) is 266 cm³/mol.